The van der Waals surface area contributed by atoms with E-state index in [0.717, 1.165) is 35.8 Å². The van der Waals surface area contributed by atoms with E-state index in [2.05, 4.69) is 14.8 Å². The van der Waals surface area contributed by atoms with Gasteiger partial charge in [0, 0.05) is 11.8 Å². The number of esters is 1. The Morgan fingerprint density at radius 3 is 2.62 bits per heavy atom. The Kier molecular flexibility index (Phi) is 8.92. The Balaban J connectivity index is 1.69. The fourth-order valence-electron chi connectivity index (χ4n) is 2.93. The summed E-state index contributed by atoms with van der Waals surface area (Å²) in [4.78, 5) is 37.7. The molecule has 2 heterocycles. The first-order valence-corrected chi connectivity index (χ1v) is 12.1. The van der Waals surface area contributed by atoms with Crippen molar-refractivity contribution < 1.29 is 50.2 Å². The van der Waals surface area contributed by atoms with Gasteiger partial charge in [0.1, 0.15) is 24.2 Å². The number of halogens is 4. The number of ether oxygens (including phenoxy) is 3. The van der Waals surface area contributed by atoms with E-state index in [1.54, 1.807) is 0 Å². The molecule has 0 bridgehead atoms. The fourth-order valence-corrected chi connectivity index (χ4v) is 4.40. The highest BCUT2D eigenvalue weighted by atomic mass is 31.2. The monoisotopic (exact) mass is 555 g/mol. The summed E-state index contributed by atoms with van der Waals surface area (Å²) in [7, 11) is -4.53. The number of nitrogens with zero attached hydrogens (tertiary/aromatic N) is 1. The molecule has 4 atom stereocenters. The molecule has 0 saturated carbocycles. The Morgan fingerprint density at radius 2 is 1.97 bits per heavy atom. The van der Waals surface area contributed by atoms with E-state index in [4.69, 9.17) is 18.5 Å². The van der Waals surface area contributed by atoms with E-state index in [9.17, 15) is 36.5 Å². The average Bonchev–Trinajstić information content (AvgIpc) is 3.28. The van der Waals surface area contributed by atoms with Gasteiger partial charge in [-0.15, -0.1) is 0 Å². The van der Waals surface area contributed by atoms with Gasteiger partial charge < -0.3 is 18.7 Å². The van der Waals surface area contributed by atoms with Crippen LogP contribution in [0.1, 0.15) is 18.7 Å². The largest absolute Gasteiger partial charge is 0.459 e. The summed E-state index contributed by atoms with van der Waals surface area (Å²) < 4.78 is 90.3. The van der Waals surface area contributed by atoms with Crippen molar-refractivity contribution in [1.82, 2.24) is 14.6 Å². The van der Waals surface area contributed by atoms with Gasteiger partial charge in [-0.3, -0.25) is 23.7 Å². The molecule has 1 saturated heterocycles. The summed E-state index contributed by atoms with van der Waals surface area (Å²) in [5.41, 5.74) is -1.10. The highest BCUT2D eigenvalue weighted by Gasteiger charge is 2.37. The van der Waals surface area contributed by atoms with Crippen LogP contribution in [0.2, 0.25) is 0 Å². The number of hydrogen-bond donors (Lipinski definition) is 2. The average molecular weight is 555 g/mol. The number of aromatic amines is 1. The zero-order chi connectivity index (χ0) is 27.4. The van der Waals surface area contributed by atoms with Gasteiger partial charge in [-0.25, -0.2) is 13.8 Å². The highest BCUT2D eigenvalue weighted by molar-refractivity contribution is 7.52. The van der Waals surface area contributed by atoms with Crippen molar-refractivity contribution in [3.05, 3.63) is 62.7 Å². The Labute approximate surface area is 206 Å². The van der Waals surface area contributed by atoms with Crippen LogP contribution in [-0.4, -0.2) is 53.8 Å². The molecule has 37 heavy (non-hydrogen) atoms. The second kappa shape index (κ2) is 11.6. The van der Waals surface area contributed by atoms with Crippen molar-refractivity contribution in [1.29, 1.82) is 0 Å². The third-order valence-corrected chi connectivity index (χ3v) is 6.34. The topological polar surface area (TPSA) is 147 Å². The van der Waals surface area contributed by atoms with Crippen LogP contribution < -0.4 is 20.9 Å². The van der Waals surface area contributed by atoms with Gasteiger partial charge in [0.05, 0.1) is 6.61 Å². The second-order valence-corrected chi connectivity index (χ2v) is 9.44. The van der Waals surface area contributed by atoms with Gasteiger partial charge in [0.2, 0.25) is 0 Å². The minimum absolute atomic E-state index is 0.157. The van der Waals surface area contributed by atoms with Crippen LogP contribution >= 0.6 is 7.75 Å². The van der Waals surface area contributed by atoms with Crippen LogP contribution in [0.3, 0.4) is 0 Å². The molecule has 1 unspecified atom stereocenters. The maximum absolute atomic E-state index is 13.3. The van der Waals surface area contributed by atoms with E-state index in [1.807, 2.05) is 0 Å². The molecular formula is C20H22F4N3O9P. The molecule has 0 amide bonds. The zero-order valence-electron chi connectivity index (χ0n) is 19.3. The number of alkyl halides is 3. The lowest BCUT2D eigenvalue weighted by Crippen LogP contribution is -2.37. The Bertz CT molecular complexity index is 1270. The zero-order valence-corrected chi connectivity index (χ0v) is 20.2. The molecule has 0 spiro atoms. The molecule has 1 aliphatic heterocycles. The van der Waals surface area contributed by atoms with Crippen molar-refractivity contribution in [3.63, 3.8) is 0 Å². The van der Waals surface area contributed by atoms with Crippen molar-refractivity contribution >= 4 is 13.7 Å². The van der Waals surface area contributed by atoms with Crippen LogP contribution in [0.15, 0.2) is 40.1 Å². The standard InChI is InChI=1S/C20H22F4N3O9P/c1-11-7-27(19(30)25-17(11)28)15-8-32-16(35-15)9-34-37(31,36-14-5-3-13(21)4-6-14)26-12(2)18(29)33-10-20(22,23)24/h3-7,12,15-16H,8-10H2,1-2H3,(H,26,31)(H,25,28,30)/t12-,15+,16+,37?/m0/s1. The number of aromatic nitrogens is 2. The molecule has 1 aliphatic rings. The van der Waals surface area contributed by atoms with Crippen molar-refractivity contribution in [2.45, 2.75) is 38.6 Å². The smallest absolute Gasteiger partial charge is 0.455 e. The van der Waals surface area contributed by atoms with E-state index >= 15 is 0 Å². The molecule has 2 aromatic rings. The van der Waals surface area contributed by atoms with Gasteiger partial charge in [0.15, 0.2) is 19.1 Å². The molecule has 1 fully saturated rings. The number of hydrogen-bond acceptors (Lipinski definition) is 9. The van der Waals surface area contributed by atoms with Gasteiger partial charge in [-0.05, 0) is 38.1 Å². The molecule has 1 aromatic carbocycles. The molecular weight excluding hydrogens is 533 g/mol. The number of benzene rings is 1. The SMILES string of the molecule is Cc1cn([C@H]2CO[C@@H](COP(=O)(N[C@@H](C)C(=O)OCC(F)(F)F)Oc3ccc(F)cc3)O2)c(=O)[nH]c1=O. The van der Waals surface area contributed by atoms with Crippen LogP contribution in [0, 0.1) is 12.7 Å². The highest BCUT2D eigenvalue weighted by Crippen LogP contribution is 2.45. The molecule has 12 nitrogen and oxygen atoms in total. The summed E-state index contributed by atoms with van der Waals surface area (Å²) in [5.74, 6) is -2.19. The predicted molar refractivity (Wildman–Crippen MR) is 116 cm³/mol. The van der Waals surface area contributed by atoms with Crippen molar-refractivity contribution in [2.24, 2.45) is 0 Å². The van der Waals surface area contributed by atoms with E-state index in [-0.39, 0.29) is 17.9 Å². The first-order valence-electron chi connectivity index (χ1n) is 10.5. The fraction of sp³-hybridized carbons (Fsp3) is 0.450. The summed E-state index contributed by atoms with van der Waals surface area (Å²) >= 11 is 0. The third-order valence-electron chi connectivity index (χ3n) is 4.69. The summed E-state index contributed by atoms with van der Waals surface area (Å²) in [6, 6.07) is 2.58. The van der Waals surface area contributed by atoms with Gasteiger partial charge in [0.25, 0.3) is 5.56 Å². The lowest BCUT2D eigenvalue weighted by molar-refractivity contribution is -0.187. The third kappa shape index (κ3) is 8.23. The van der Waals surface area contributed by atoms with Crippen molar-refractivity contribution in [2.75, 3.05) is 19.8 Å². The molecule has 3 rings (SSSR count). The van der Waals surface area contributed by atoms with Crippen LogP contribution in [0.4, 0.5) is 17.6 Å². The number of H-pyrrole nitrogens is 1. The lowest BCUT2D eigenvalue weighted by atomic mass is 10.3. The van der Waals surface area contributed by atoms with Crippen LogP contribution in [-0.2, 0) is 28.1 Å². The minimum Gasteiger partial charge on any atom is -0.455 e. The number of nitrogens with one attached hydrogen (secondary N) is 2. The summed E-state index contributed by atoms with van der Waals surface area (Å²) in [6.07, 6.45) is -5.70. The maximum Gasteiger partial charge on any atom is 0.459 e. The van der Waals surface area contributed by atoms with E-state index in [0.29, 0.717) is 0 Å². The predicted octanol–water partition coefficient (Wildman–Crippen LogP) is 2.14. The second-order valence-electron chi connectivity index (χ2n) is 7.74. The van der Waals surface area contributed by atoms with Crippen LogP contribution in [0.5, 0.6) is 5.75 Å². The normalized spacial score (nSPS) is 20.3. The van der Waals surface area contributed by atoms with E-state index in [1.165, 1.54) is 13.1 Å². The number of carbonyl (C=O) groups is 1. The molecule has 1 aromatic heterocycles. The Hall–Kier alpha value is -3.04. The van der Waals surface area contributed by atoms with Gasteiger partial charge in [-0.2, -0.15) is 18.3 Å². The molecule has 0 aliphatic carbocycles. The summed E-state index contributed by atoms with van der Waals surface area (Å²) in [5, 5.41) is 2.15. The molecule has 17 heteroatoms. The van der Waals surface area contributed by atoms with E-state index < -0.39 is 68.7 Å². The van der Waals surface area contributed by atoms with Crippen molar-refractivity contribution in [3.8, 4) is 5.75 Å². The number of rotatable bonds is 10. The summed E-state index contributed by atoms with van der Waals surface area (Å²) in [6.45, 7) is -0.0802. The number of aryl methyl sites for hydroxylation is 1. The van der Waals surface area contributed by atoms with Gasteiger partial charge >= 0.3 is 25.6 Å². The minimum atomic E-state index is -4.78. The Morgan fingerprint density at radius 1 is 1.30 bits per heavy atom. The first-order chi connectivity index (χ1) is 17.2. The first kappa shape index (κ1) is 28.5. The lowest BCUT2D eigenvalue weighted by Gasteiger charge is -2.24. The molecule has 204 valence electrons. The molecule has 0 radical (unpaired) electrons. The van der Waals surface area contributed by atoms with Gasteiger partial charge in [-0.1, -0.05) is 0 Å². The number of carbonyl (C=O) groups excluding carboxylic acids is 1. The van der Waals surface area contributed by atoms with Crippen LogP contribution in [0.25, 0.3) is 0 Å². The maximum atomic E-state index is 13.3. The molecule has 2 N–H and O–H groups in total. The quantitative estimate of drug-likeness (QED) is 0.254.